The molecule has 1 aliphatic carbocycles. The first-order valence-electron chi connectivity index (χ1n) is 20.5. The number of carboxylic acids is 3. The van der Waals surface area contributed by atoms with Crippen LogP contribution in [0.4, 0.5) is 0 Å². The van der Waals surface area contributed by atoms with Crippen molar-refractivity contribution in [1.82, 2.24) is 31.9 Å². The largest absolute Gasteiger partial charge is 0.480 e. The van der Waals surface area contributed by atoms with Crippen molar-refractivity contribution in [3.63, 3.8) is 0 Å². The molecule has 0 heterocycles. The second-order valence-electron chi connectivity index (χ2n) is 15.8. The minimum atomic E-state index is -1.31. The van der Waals surface area contributed by atoms with Crippen molar-refractivity contribution in [2.45, 2.75) is 95.5 Å². The third kappa shape index (κ3) is 15.1. The number of rotatable bonds is 21. The van der Waals surface area contributed by atoms with Gasteiger partial charge in [0.2, 0.25) is 35.4 Å². The van der Waals surface area contributed by atoms with Gasteiger partial charge in [-0.3, -0.25) is 43.2 Å². The summed E-state index contributed by atoms with van der Waals surface area (Å²) in [5, 5.41) is 43.6. The Kier molecular flexibility index (Phi) is 17.9. The first-order chi connectivity index (χ1) is 29.9. The van der Waals surface area contributed by atoms with Gasteiger partial charge in [-0.15, -0.1) is 0 Å². The molecule has 9 N–H and O–H groups in total. The van der Waals surface area contributed by atoms with Crippen LogP contribution >= 0.6 is 0 Å². The van der Waals surface area contributed by atoms with Gasteiger partial charge in [0, 0.05) is 37.0 Å². The Hall–Kier alpha value is -7.11. The molecule has 1 fully saturated rings. The fraction of sp³-hybridized carbons (Fsp3) is 0.400. The van der Waals surface area contributed by atoms with Crippen LogP contribution in [0.25, 0.3) is 0 Å². The van der Waals surface area contributed by atoms with Crippen molar-refractivity contribution in [1.29, 1.82) is 0 Å². The molecule has 0 radical (unpaired) electrons. The second-order valence-corrected chi connectivity index (χ2v) is 15.8. The van der Waals surface area contributed by atoms with Crippen LogP contribution in [-0.4, -0.2) is 105 Å². The molecule has 18 heteroatoms. The lowest BCUT2D eigenvalue weighted by Gasteiger charge is -2.35. The molecule has 0 aromatic heterocycles. The zero-order valence-corrected chi connectivity index (χ0v) is 35.1. The molecular weight excluding hydrogens is 817 g/mol. The number of hydrogen-bond acceptors (Lipinski definition) is 9. The fourth-order valence-electron chi connectivity index (χ4n) is 7.13. The minimum Gasteiger partial charge on any atom is -0.480 e. The molecule has 63 heavy (non-hydrogen) atoms. The summed E-state index contributed by atoms with van der Waals surface area (Å²) < 4.78 is 0. The second kappa shape index (κ2) is 23.2. The molecule has 0 aliphatic heterocycles. The van der Waals surface area contributed by atoms with Crippen LogP contribution in [0, 0.1) is 17.8 Å². The number of carbonyl (C=O) groups excluding carboxylic acids is 6. The molecule has 336 valence electrons. The van der Waals surface area contributed by atoms with Crippen molar-refractivity contribution in [2.75, 3.05) is 0 Å². The summed E-state index contributed by atoms with van der Waals surface area (Å²) in [7, 11) is 0. The van der Waals surface area contributed by atoms with E-state index in [1.807, 2.05) is 0 Å². The minimum absolute atomic E-state index is 0.0403. The van der Waals surface area contributed by atoms with Crippen LogP contribution in [0.1, 0.15) is 56.7 Å². The van der Waals surface area contributed by atoms with E-state index in [1.54, 1.807) is 91.0 Å². The van der Waals surface area contributed by atoms with Gasteiger partial charge in [0.05, 0.1) is 0 Å². The van der Waals surface area contributed by atoms with E-state index in [2.05, 4.69) is 31.9 Å². The Morgan fingerprint density at radius 2 is 0.635 bits per heavy atom. The highest BCUT2D eigenvalue weighted by Gasteiger charge is 2.42. The smallest absolute Gasteiger partial charge is 0.325 e. The van der Waals surface area contributed by atoms with Crippen molar-refractivity contribution >= 4 is 53.4 Å². The van der Waals surface area contributed by atoms with Crippen molar-refractivity contribution in [2.24, 2.45) is 17.8 Å². The molecule has 0 bridgehead atoms. The quantitative estimate of drug-likeness (QED) is 0.0724. The highest BCUT2D eigenvalue weighted by Crippen LogP contribution is 2.35. The summed E-state index contributed by atoms with van der Waals surface area (Å²) in [5.41, 5.74) is 1.91. The Bertz CT molecular complexity index is 1860. The van der Waals surface area contributed by atoms with Gasteiger partial charge in [0.15, 0.2) is 0 Å². The molecule has 8 atom stereocenters. The molecule has 6 amide bonds. The van der Waals surface area contributed by atoms with Crippen molar-refractivity contribution in [3.8, 4) is 0 Å². The highest BCUT2D eigenvalue weighted by atomic mass is 16.4. The maximum atomic E-state index is 14.3. The van der Waals surface area contributed by atoms with Gasteiger partial charge in [-0.1, -0.05) is 91.0 Å². The number of hydrogen-bond donors (Lipinski definition) is 9. The molecule has 4 rings (SSSR count). The van der Waals surface area contributed by atoms with E-state index in [4.69, 9.17) is 0 Å². The van der Waals surface area contributed by atoms with Crippen LogP contribution in [0.15, 0.2) is 91.0 Å². The van der Waals surface area contributed by atoms with E-state index >= 15 is 0 Å². The fourth-order valence-corrected chi connectivity index (χ4v) is 7.13. The van der Waals surface area contributed by atoms with Crippen LogP contribution in [-0.2, 0) is 62.4 Å². The van der Waals surface area contributed by atoms with Crippen LogP contribution in [0.2, 0.25) is 0 Å². The maximum absolute atomic E-state index is 14.3. The van der Waals surface area contributed by atoms with E-state index in [0.29, 0.717) is 16.7 Å². The van der Waals surface area contributed by atoms with E-state index in [9.17, 15) is 58.5 Å². The molecule has 3 aromatic carbocycles. The van der Waals surface area contributed by atoms with Gasteiger partial charge in [-0.25, -0.2) is 0 Å². The Balaban J connectivity index is 1.67. The number of amides is 6. The van der Waals surface area contributed by atoms with Crippen molar-refractivity contribution in [3.05, 3.63) is 108 Å². The molecular formula is C45H54N6O12. The van der Waals surface area contributed by atoms with Gasteiger partial charge in [0.1, 0.15) is 36.3 Å². The Morgan fingerprint density at radius 3 is 0.841 bits per heavy atom. The zero-order valence-electron chi connectivity index (χ0n) is 35.1. The van der Waals surface area contributed by atoms with Crippen LogP contribution in [0.3, 0.4) is 0 Å². The monoisotopic (exact) mass is 870 g/mol. The Morgan fingerprint density at radius 1 is 0.413 bits per heavy atom. The summed E-state index contributed by atoms with van der Waals surface area (Å²) in [5.74, 6) is -11.8. The van der Waals surface area contributed by atoms with E-state index in [1.165, 1.54) is 20.8 Å². The first kappa shape index (κ1) is 48.6. The number of nitrogens with one attached hydrogen (secondary N) is 6. The predicted molar refractivity (Wildman–Crippen MR) is 226 cm³/mol. The average molecular weight is 871 g/mol. The van der Waals surface area contributed by atoms with E-state index < -0.39 is 107 Å². The molecule has 0 spiro atoms. The van der Waals surface area contributed by atoms with E-state index in [-0.39, 0.29) is 38.5 Å². The third-order valence-electron chi connectivity index (χ3n) is 10.8. The Labute approximate surface area is 364 Å². The van der Waals surface area contributed by atoms with Gasteiger partial charge in [0.25, 0.3) is 0 Å². The zero-order chi connectivity index (χ0) is 46.2. The number of benzene rings is 3. The molecule has 1 aliphatic rings. The molecule has 18 nitrogen and oxygen atoms in total. The predicted octanol–water partition coefficient (Wildman–Crippen LogP) is 0.969. The van der Waals surface area contributed by atoms with Gasteiger partial charge in [-0.05, 0) is 56.7 Å². The van der Waals surface area contributed by atoms with Crippen molar-refractivity contribution < 1.29 is 58.5 Å². The number of aliphatic carboxylic acids is 3. The normalized spacial score (nSPS) is 18.6. The number of carboxylic acid groups (broad SMARTS) is 3. The van der Waals surface area contributed by atoms with Gasteiger partial charge < -0.3 is 47.2 Å². The maximum Gasteiger partial charge on any atom is 0.325 e. The van der Waals surface area contributed by atoms with E-state index in [0.717, 1.165) is 0 Å². The summed E-state index contributed by atoms with van der Waals surface area (Å²) in [4.78, 5) is 118. The topological polar surface area (TPSA) is 286 Å². The summed E-state index contributed by atoms with van der Waals surface area (Å²) in [6.07, 6.45) is -0.615. The summed E-state index contributed by atoms with van der Waals surface area (Å²) in [6, 6.07) is 18.1. The average Bonchev–Trinajstić information content (AvgIpc) is 3.26. The molecule has 0 saturated heterocycles. The SMILES string of the molecule is CC(NC(=O)[C@H](Cc1ccccc1)NC(=O)C1CC(C(=O)N[C@@H](Cc2ccccc2)C(=O)N[C@H](C)C(=O)O)CC(C(=O)N[C@@H](Cc2ccccc2)C(=O)N[C@H](C)C(=O)O)C1)C(=O)O. The summed E-state index contributed by atoms with van der Waals surface area (Å²) >= 11 is 0. The third-order valence-corrected chi connectivity index (χ3v) is 10.8. The van der Waals surface area contributed by atoms with Gasteiger partial charge >= 0.3 is 17.9 Å². The lowest BCUT2D eigenvalue weighted by atomic mass is 9.73. The summed E-state index contributed by atoms with van der Waals surface area (Å²) in [6.45, 7) is 3.78. The lowest BCUT2D eigenvalue weighted by molar-refractivity contribution is -0.142. The number of carbonyl (C=O) groups is 9. The first-order valence-corrected chi connectivity index (χ1v) is 20.5. The highest BCUT2D eigenvalue weighted by molar-refractivity contribution is 5.95. The molecule has 3 aromatic rings. The van der Waals surface area contributed by atoms with Crippen LogP contribution in [0.5, 0.6) is 0 Å². The van der Waals surface area contributed by atoms with Crippen LogP contribution < -0.4 is 31.9 Å². The standard InChI is InChI=1S/C45H54N6O12/c1-25(43(58)59)46-40(55)34(19-28-13-7-4-8-14-28)49-37(52)31-22-32(38(53)50-35(20-29-15-9-5-10-16-29)41(56)47-26(2)44(60)61)24-33(23-31)39(54)51-36(21-30-17-11-6-12-18-30)42(57)48-27(3)45(62)63/h4-18,25-27,31-36H,19-24H2,1-3H3,(H,46,55)(H,47,56)(H,48,57)(H,49,52)(H,50,53)(H,51,54)(H,58,59)(H,60,61)(H,62,63)/t25-,26-,27?,31?,32?,33?,34+,35+,36+/m1/s1. The lowest BCUT2D eigenvalue weighted by Crippen LogP contribution is -2.56. The van der Waals surface area contributed by atoms with Gasteiger partial charge in [-0.2, -0.15) is 0 Å². The molecule has 1 saturated carbocycles. The molecule has 3 unspecified atom stereocenters.